The van der Waals surface area contributed by atoms with Crippen molar-refractivity contribution in [2.75, 3.05) is 18.9 Å². The van der Waals surface area contributed by atoms with Crippen molar-refractivity contribution in [2.45, 2.75) is 19.4 Å². The van der Waals surface area contributed by atoms with Gasteiger partial charge in [-0.3, -0.25) is 9.42 Å². The molecule has 0 bridgehead atoms. The number of nitrogens with two attached hydrogens (primary N) is 1. The Hall–Kier alpha value is -2.52. The molecule has 10 nitrogen and oxygen atoms in total. The number of aryl methyl sites for hydroxylation is 1. The van der Waals surface area contributed by atoms with Gasteiger partial charge in [-0.2, -0.15) is 4.98 Å². The summed E-state index contributed by atoms with van der Waals surface area (Å²) in [6.45, 7) is 1.79. The fraction of sp³-hybridized carbons (Fsp3) is 0.389. The molecule has 154 valence electrons. The van der Waals surface area contributed by atoms with Crippen LogP contribution in [0.3, 0.4) is 0 Å². The van der Waals surface area contributed by atoms with Crippen molar-refractivity contribution in [3.8, 4) is 5.75 Å². The van der Waals surface area contributed by atoms with Crippen LogP contribution in [-0.4, -0.2) is 42.7 Å². The highest BCUT2D eigenvalue weighted by atomic mass is 31.2. The lowest BCUT2D eigenvalue weighted by Crippen LogP contribution is -2.42. The standard InChI is InChI=1S/C18H22N5O5P/c1-11-2-4-13(5-3-11)28-29(25,26)27-9-12-6-16(14(12)8-24)23-10-21-15-7-20-18(19)22-17(15)23/h2-5,7,10,12,14,16,24H,6,8-9H2,1H3,(H,25,26)(H2,19,20,22). The Labute approximate surface area is 167 Å². The predicted molar refractivity (Wildman–Crippen MR) is 105 cm³/mol. The molecule has 4 rings (SSSR count). The first-order chi connectivity index (χ1) is 13.9. The van der Waals surface area contributed by atoms with Crippen LogP contribution in [0.4, 0.5) is 5.95 Å². The lowest BCUT2D eigenvalue weighted by molar-refractivity contribution is -0.00487. The molecule has 1 aromatic carbocycles. The van der Waals surface area contributed by atoms with Crippen LogP contribution in [0.2, 0.25) is 0 Å². The Kier molecular flexibility index (Phi) is 5.26. The van der Waals surface area contributed by atoms with Gasteiger partial charge in [-0.1, -0.05) is 17.7 Å². The average molecular weight is 419 g/mol. The Morgan fingerprint density at radius 3 is 2.79 bits per heavy atom. The number of benzene rings is 1. The van der Waals surface area contributed by atoms with E-state index in [9.17, 15) is 14.6 Å². The third-order valence-electron chi connectivity index (χ3n) is 5.24. The number of phosphoric acid groups is 1. The van der Waals surface area contributed by atoms with Gasteiger partial charge in [0.15, 0.2) is 5.65 Å². The Balaban J connectivity index is 1.40. The van der Waals surface area contributed by atoms with Crippen molar-refractivity contribution >= 4 is 24.9 Å². The van der Waals surface area contributed by atoms with Crippen LogP contribution in [0.15, 0.2) is 36.8 Å². The smallest absolute Gasteiger partial charge is 0.404 e. The number of fused-ring (bicyclic) bond motifs is 1. The maximum absolute atomic E-state index is 12.2. The van der Waals surface area contributed by atoms with E-state index < -0.39 is 7.82 Å². The van der Waals surface area contributed by atoms with Crippen LogP contribution in [0, 0.1) is 18.8 Å². The van der Waals surface area contributed by atoms with E-state index in [4.69, 9.17) is 14.8 Å². The minimum absolute atomic E-state index is 0.00881. The number of hydrogen-bond acceptors (Lipinski definition) is 8. The molecule has 3 aromatic rings. The SMILES string of the molecule is Cc1ccc(OP(=O)(O)OCC2CC(n3cnc4cnc(N)nc43)C2CO)cc1. The van der Waals surface area contributed by atoms with Gasteiger partial charge < -0.3 is 19.9 Å². The molecule has 2 heterocycles. The molecule has 1 aliphatic carbocycles. The Morgan fingerprint density at radius 2 is 2.07 bits per heavy atom. The average Bonchev–Trinajstić information content (AvgIpc) is 3.05. The number of rotatable bonds is 7. The highest BCUT2D eigenvalue weighted by Gasteiger charge is 2.43. The van der Waals surface area contributed by atoms with E-state index in [0.717, 1.165) is 5.56 Å². The van der Waals surface area contributed by atoms with Crippen LogP contribution in [-0.2, 0) is 9.09 Å². The molecular weight excluding hydrogens is 397 g/mol. The molecule has 29 heavy (non-hydrogen) atoms. The fourth-order valence-corrected chi connectivity index (χ4v) is 4.41. The molecule has 2 aromatic heterocycles. The highest BCUT2D eigenvalue weighted by molar-refractivity contribution is 7.47. The van der Waals surface area contributed by atoms with Crippen molar-refractivity contribution in [1.29, 1.82) is 0 Å². The first-order valence-electron chi connectivity index (χ1n) is 9.16. The number of anilines is 1. The summed E-state index contributed by atoms with van der Waals surface area (Å²) in [6, 6.07) is 6.70. The number of hydrogen-bond donors (Lipinski definition) is 3. The molecular formula is C18H22N5O5P. The van der Waals surface area contributed by atoms with Crippen molar-refractivity contribution in [3.05, 3.63) is 42.4 Å². The van der Waals surface area contributed by atoms with Gasteiger partial charge in [0.05, 0.1) is 19.1 Å². The van der Waals surface area contributed by atoms with Crippen LogP contribution in [0.1, 0.15) is 18.0 Å². The molecule has 1 saturated carbocycles. The Morgan fingerprint density at radius 1 is 1.31 bits per heavy atom. The maximum Gasteiger partial charge on any atom is 0.527 e. The first kappa shape index (κ1) is 19.8. The van der Waals surface area contributed by atoms with E-state index in [2.05, 4.69) is 15.0 Å². The zero-order valence-electron chi connectivity index (χ0n) is 15.8. The normalized spacial score (nSPS) is 23.5. The number of phosphoric ester groups is 1. The highest BCUT2D eigenvalue weighted by Crippen LogP contribution is 2.49. The second-order valence-electron chi connectivity index (χ2n) is 7.17. The van der Waals surface area contributed by atoms with Crippen LogP contribution < -0.4 is 10.3 Å². The van der Waals surface area contributed by atoms with Crippen LogP contribution in [0.5, 0.6) is 5.75 Å². The van der Waals surface area contributed by atoms with E-state index >= 15 is 0 Å². The summed E-state index contributed by atoms with van der Waals surface area (Å²) in [4.78, 5) is 22.4. The van der Waals surface area contributed by atoms with Gasteiger partial charge >= 0.3 is 7.82 Å². The molecule has 4 unspecified atom stereocenters. The molecule has 0 spiro atoms. The molecule has 4 N–H and O–H groups in total. The van der Waals surface area contributed by atoms with Gasteiger partial charge in [-0.15, -0.1) is 0 Å². The van der Waals surface area contributed by atoms with Crippen molar-refractivity contribution in [1.82, 2.24) is 19.5 Å². The van der Waals surface area contributed by atoms with E-state index in [0.29, 0.717) is 17.6 Å². The molecule has 0 amide bonds. The van der Waals surface area contributed by atoms with Crippen LogP contribution >= 0.6 is 7.82 Å². The molecule has 0 saturated heterocycles. The van der Waals surface area contributed by atoms with E-state index in [1.807, 2.05) is 11.5 Å². The predicted octanol–water partition coefficient (Wildman–Crippen LogP) is 2.08. The largest absolute Gasteiger partial charge is 0.527 e. The molecule has 1 aliphatic rings. The summed E-state index contributed by atoms with van der Waals surface area (Å²) in [5.41, 5.74) is 7.88. The number of nitrogens with zero attached hydrogens (tertiary/aromatic N) is 4. The van der Waals surface area contributed by atoms with Gasteiger partial charge in [-0.05, 0) is 31.4 Å². The number of aliphatic hydroxyl groups is 1. The van der Waals surface area contributed by atoms with Gasteiger partial charge in [-0.25, -0.2) is 14.5 Å². The monoisotopic (exact) mass is 419 g/mol. The Bertz CT molecular complexity index is 1060. The van der Waals surface area contributed by atoms with E-state index in [1.54, 1.807) is 36.8 Å². The minimum atomic E-state index is -4.26. The van der Waals surface area contributed by atoms with Crippen LogP contribution in [0.25, 0.3) is 11.2 Å². The van der Waals surface area contributed by atoms with E-state index in [-0.39, 0.29) is 42.8 Å². The van der Waals surface area contributed by atoms with Gasteiger partial charge in [0.1, 0.15) is 11.3 Å². The summed E-state index contributed by atoms with van der Waals surface area (Å²) in [7, 11) is -4.26. The second kappa shape index (κ2) is 7.72. The quantitative estimate of drug-likeness (QED) is 0.490. The summed E-state index contributed by atoms with van der Waals surface area (Å²) in [5, 5.41) is 9.83. The lowest BCUT2D eigenvalue weighted by Gasteiger charge is -2.44. The number of nitrogen functional groups attached to an aromatic ring is 1. The van der Waals surface area contributed by atoms with Crippen molar-refractivity contribution in [2.24, 2.45) is 11.8 Å². The van der Waals surface area contributed by atoms with Crippen molar-refractivity contribution in [3.63, 3.8) is 0 Å². The van der Waals surface area contributed by atoms with Gasteiger partial charge in [0.2, 0.25) is 5.95 Å². The fourth-order valence-electron chi connectivity index (χ4n) is 3.59. The van der Waals surface area contributed by atoms with Crippen molar-refractivity contribution < 1.29 is 23.6 Å². The molecule has 0 aliphatic heterocycles. The van der Waals surface area contributed by atoms with Gasteiger partial charge in [0.25, 0.3) is 0 Å². The zero-order valence-corrected chi connectivity index (χ0v) is 16.6. The second-order valence-corrected chi connectivity index (χ2v) is 8.54. The third kappa shape index (κ3) is 4.11. The molecule has 0 radical (unpaired) electrons. The molecule has 1 fully saturated rings. The number of aliphatic hydroxyl groups excluding tert-OH is 1. The lowest BCUT2D eigenvalue weighted by atomic mass is 9.70. The summed E-state index contributed by atoms with van der Waals surface area (Å²) < 4.78 is 24.4. The first-order valence-corrected chi connectivity index (χ1v) is 10.7. The minimum Gasteiger partial charge on any atom is -0.404 e. The summed E-state index contributed by atoms with van der Waals surface area (Å²) in [6.07, 6.45) is 3.82. The molecule has 11 heteroatoms. The van der Waals surface area contributed by atoms with E-state index in [1.165, 1.54) is 0 Å². The zero-order chi connectivity index (χ0) is 20.6. The summed E-state index contributed by atoms with van der Waals surface area (Å²) in [5.74, 6) is 0.119. The van der Waals surface area contributed by atoms with Gasteiger partial charge in [0, 0.05) is 18.6 Å². The third-order valence-corrected chi connectivity index (χ3v) is 6.16. The number of imidazole rings is 1. The maximum atomic E-state index is 12.2. The number of aromatic nitrogens is 4. The topological polar surface area (TPSA) is 146 Å². The summed E-state index contributed by atoms with van der Waals surface area (Å²) >= 11 is 0. The molecule has 4 atom stereocenters.